The number of likely N-dealkylation sites (tertiary alicyclic amines) is 2. The van der Waals surface area contributed by atoms with Crippen LogP contribution in [-0.2, 0) is 25.6 Å². The summed E-state index contributed by atoms with van der Waals surface area (Å²) in [5.74, 6) is -1.71. The third kappa shape index (κ3) is 12.0. The molecule has 72 heavy (non-hydrogen) atoms. The molecule has 1 aliphatic carbocycles. The molecule has 3 aromatic carbocycles. The Morgan fingerprint density at radius 3 is 1.60 bits per heavy atom. The Bertz CT molecular complexity index is 2710. The Balaban J connectivity index is 1.06. The van der Waals surface area contributed by atoms with Crippen LogP contribution in [0.1, 0.15) is 118 Å². The number of allylic oxidation sites excluding steroid dienone is 1. The molecule has 6 amide bonds. The van der Waals surface area contributed by atoms with Crippen LogP contribution in [0.3, 0.4) is 0 Å². The fourth-order valence-electron chi connectivity index (χ4n) is 10.2. The molecule has 4 aromatic rings. The van der Waals surface area contributed by atoms with Gasteiger partial charge in [0, 0.05) is 83.2 Å². The number of H-pyrrole nitrogens is 1. The molecule has 2 saturated heterocycles. The molecule has 384 valence electrons. The third-order valence-electron chi connectivity index (χ3n) is 14.7. The molecule has 16 nitrogen and oxygen atoms in total. The fourth-order valence-corrected chi connectivity index (χ4v) is 10.2. The molecule has 16 heteroatoms. The van der Waals surface area contributed by atoms with E-state index in [2.05, 4.69) is 43.0 Å². The molecule has 0 spiro atoms. The maximum atomic E-state index is 14.7. The van der Waals surface area contributed by atoms with Gasteiger partial charge in [0.1, 0.15) is 12.1 Å². The van der Waals surface area contributed by atoms with Crippen LogP contribution in [0.15, 0.2) is 85.1 Å². The van der Waals surface area contributed by atoms with Crippen molar-refractivity contribution in [1.82, 2.24) is 46.7 Å². The van der Waals surface area contributed by atoms with Crippen LogP contribution >= 0.6 is 0 Å². The summed E-state index contributed by atoms with van der Waals surface area (Å²) in [5.41, 5.74) is 4.89. The molecular formula is C56H74N10O6. The standard InChI is InChI=1S/C56H74N10O6/c1-32(58-9)49(67)63-47(55(3,4)5)53(71)65-30-38(27-40(65)25-36-23-24-45(57)44-17-12-11-15-42(36)44)61-51(69)34-19-21-35(22-20-34)52(70)62-39-28-41(26-37-29-60-46-18-14-13-16-43(37)46)66(31-39)54(72)48(56(6,7)8)64-50(68)33(2)59-10/h11-23,29,32-33,38-41,47-48,57-60H,24-28,30-31H2,1-10H3,(H,61,69)(H,62,70)(H,63,67)(H,64,68)/t32-,33-,38-,39-,40+,41+,47+,48+/m0/s1. The SMILES string of the molecule is CN[C@@H](C)C(=O)N[C@H](C(=O)N1C[C@@H](NC(=O)c2ccc(C(=O)N[C@H]3C[C@@H](Cc4c[nH]c5ccccc45)N(C(=O)[C@@H](NC(=O)[C@H](C)NC)C(C)(C)C)C3)cc2)C[C@H]1CC1=CCC(=N)c2ccccc21)C(C)(C)C. The number of nitrogens with zero attached hydrogens (tertiary/aromatic N) is 2. The summed E-state index contributed by atoms with van der Waals surface area (Å²) < 4.78 is 0. The lowest BCUT2D eigenvalue weighted by Crippen LogP contribution is -2.58. The number of benzene rings is 3. The van der Waals surface area contributed by atoms with Crippen molar-refractivity contribution in [3.63, 3.8) is 0 Å². The Labute approximate surface area is 423 Å². The highest BCUT2D eigenvalue weighted by Crippen LogP contribution is 2.36. The average Bonchev–Trinajstić information content (AvgIpc) is 4.08. The molecule has 7 rings (SSSR count). The predicted octanol–water partition coefficient (Wildman–Crippen LogP) is 5.33. The van der Waals surface area contributed by atoms with Gasteiger partial charge < -0.3 is 52.1 Å². The summed E-state index contributed by atoms with van der Waals surface area (Å²) in [4.78, 5) is 90.5. The lowest BCUT2D eigenvalue weighted by atomic mass is 9.84. The van der Waals surface area contributed by atoms with Gasteiger partial charge >= 0.3 is 0 Å². The van der Waals surface area contributed by atoms with E-state index >= 15 is 0 Å². The molecular weight excluding hydrogens is 909 g/mol. The zero-order valence-corrected chi connectivity index (χ0v) is 43.5. The van der Waals surface area contributed by atoms with E-state index in [9.17, 15) is 28.8 Å². The van der Waals surface area contributed by atoms with E-state index in [1.54, 1.807) is 57.1 Å². The van der Waals surface area contributed by atoms with Crippen LogP contribution in [0.25, 0.3) is 16.5 Å². The first-order valence-electron chi connectivity index (χ1n) is 25.3. The molecule has 2 fully saturated rings. The van der Waals surface area contributed by atoms with E-state index in [0.29, 0.717) is 48.9 Å². The maximum absolute atomic E-state index is 14.7. The highest BCUT2D eigenvalue weighted by Gasteiger charge is 2.45. The van der Waals surface area contributed by atoms with Crippen molar-refractivity contribution in [2.75, 3.05) is 27.2 Å². The number of para-hydroxylation sites is 1. The van der Waals surface area contributed by atoms with Crippen molar-refractivity contribution in [2.24, 2.45) is 10.8 Å². The van der Waals surface area contributed by atoms with Crippen LogP contribution in [0.2, 0.25) is 0 Å². The van der Waals surface area contributed by atoms with Crippen molar-refractivity contribution in [2.45, 2.75) is 136 Å². The minimum Gasteiger partial charge on any atom is -0.361 e. The van der Waals surface area contributed by atoms with Crippen LogP contribution in [0.5, 0.6) is 0 Å². The summed E-state index contributed by atoms with van der Waals surface area (Å²) in [6.45, 7) is 15.5. The molecule has 0 unspecified atom stereocenters. The Morgan fingerprint density at radius 1 is 0.653 bits per heavy atom. The number of carbonyl (C=O) groups excluding carboxylic acids is 6. The summed E-state index contributed by atoms with van der Waals surface area (Å²) in [7, 11) is 3.39. The minimum absolute atomic E-state index is 0.213. The molecule has 3 heterocycles. The van der Waals surface area contributed by atoms with Gasteiger partial charge in [0.15, 0.2) is 0 Å². The van der Waals surface area contributed by atoms with Crippen LogP contribution in [0, 0.1) is 16.2 Å². The lowest BCUT2D eigenvalue weighted by molar-refractivity contribution is -0.140. The number of aromatic nitrogens is 1. The number of amides is 6. The molecule has 0 saturated carbocycles. The van der Waals surface area contributed by atoms with Gasteiger partial charge in [0.05, 0.1) is 12.1 Å². The number of fused-ring (bicyclic) bond motifs is 2. The van der Waals surface area contributed by atoms with E-state index in [1.807, 2.05) is 101 Å². The lowest BCUT2D eigenvalue weighted by Gasteiger charge is -2.36. The Kier molecular flexibility index (Phi) is 16.2. The number of aromatic amines is 1. The number of carbonyl (C=O) groups is 6. The maximum Gasteiger partial charge on any atom is 0.251 e. The first-order chi connectivity index (χ1) is 34.1. The summed E-state index contributed by atoms with van der Waals surface area (Å²) in [6.07, 6.45) is 6.49. The first kappa shape index (κ1) is 53.2. The first-order valence-corrected chi connectivity index (χ1v) is 25.3. The molecule has 8 N–H and O–H groups in total. The van der Waals surface area contributed by atoms with Crippen LogP contribution in [-0.4, -0.2) is 131 Å². The average molecular weight is 983 g/mol. The summed E-state index contributed by atoms with van der Waals surface area (Å²) in [5, 5.41) is 27.9. The van der Waals surface area contributed by atoms with Gasteiger partial charge in [-0.1, -0.05) is 90.1 Å². The van der Waals surface area contributed by atoms with Gasteiger partial charge in [-0.15, -0.1) is 0 Å². The van der Waals surface area contributed by atoms with E-state index < -0.39 is 47.1 Å². The van der Waals surface area contributed by atoms with E-state index in [-0.39, 0.29) is 60.6 Å². The summed E-state index contributed by atoms with van der Waals surface area (Å²) in [6, 6.07) is 18.2. The Hall–Kier alpha value is -6.65. The fraction of sp³-hybridized carbons (Fsp3) is 0.482. The van der Waals surface area contributed by atoms with Gasteiger partial charge in [-0.25, -0.2) is 0 Å². The molecule has 8 atom stereocenters. The molecule has 0 radical (unpaired) electrons. The van der Waals surface area contributed by atoms with E-state index in [4.69, 9.17) is 5.41 Å². The minimum atomic E-state index is -0.837. The second-order valence-corrected chi connectivity index (χ2v) is 22.0. The predicted molar refractivity (Wildman–Crippen MR) is 281 cm³/mol. The van der Waals surface area contributed by atoms with Gasteiger partial charge in [-0.2, -0.15) is 0 Å². The molecule has 3 aliphatic rings. The van der Waals surface area contributed by atoms with Gasteiger partial charge in [0.2, 0.25) is 23.6 Å². The monoisotopic (exact) mass is 983 g/mol. The topological polar surface area (TPSA) is 221 Å². The zero-order chi connectivity index (χ0) is 52.2. The van der Waals surface area contributed by atoms with E-state index in [0.717, 1.165) is 33.2 Å². The Morgan fingerprint density at radius 2 is 1.11 bits per heavy atom. The molecule has 2 aliphatic heterocycles. The number of hydrogen-bond acceptors (Lipinski definition) is 9. The number of rotatable bonds is 16. The van der Waals surface area contributed by atoms with Gasteiger partial charge in [0.25, 0.3) is 11.8 Å². The number of likely N-dealkylation sites (N-methyl/N-ethyl adjacent to an activating group) is 2. The quantitative estimate of drug-likeness (QED) is 0.0732. The van der Waals surface area contributed by atoms with Crippen LogP contribution in [0.4, 0.5) is 0 Å². The second-order valence-electron chi connectivity index (χ2n) is 22.0. The smallest absolute Gasteiger partial charge is 0.251 e. The van der Waals surface area contributed by atoms with Gasteiger partial charge in [-0.3, -0.25) is 28.8 Å². The zero-order valence-electron chi connectivity index (χ0n) is 43.5. The normalized spacial score (nSPS) is 20.8. The van der Waals surface area contributed by atoms with E-state index in [1.165, 1.54) is 0 Å². The molecule has 1 aromatic heterocycles. The van der Waals surface area contributed by atoms with Crippen molar-refractivity contribution in [3.05, 3.63) is 113 Å². The van der Waals surface area contributed by atoms with Crippen molar-refractivity contribution >= 4 is 57.6 Å². The van der Waals surface area contributed by atoms with Crippen molar-refractivity contribution in [1.29, 1.82) is 5.41 Å². The second kappa shape index (κ2) is 22.0. The number of hydrogen-bond donors (Lipinski definition) is 8. The van der Waals surface area contributed by atoms with Crippen molar-refractivity contribution < 1.29 is 28.8 Å². The highest BCUT2D eigenvalue weighted by molar-refractivity contribution is 6.06. The summed E-state index contributed by atoms with van der Waals surface area (Å²) >= 11 is 0. The third-order valence-corrected chi connectivity index (χ3v) is 14.7. The largest absolute Gasteiger partial charge is 0.361 e. The number of nitrogens with one attached hydrogen (secondary N) is 8. The highest BCUT2D eigenvalue weighted by atomic mass is 16.2. The van der Waals surface area contributed by atoms with Crippen LogP contribution < -0.4 is 31.9 Å². The molecule has 0 bridgehead atoms. The van der Waals surface area contributed by atoms with Crippen molar-refractivity contribution in [3.8, 4) is 0 Å². The van der Waals surface area contributed by atoms with Gasteiger partial charge in [-0.05, 0) is 111 Å².